The molecule has 0 spiro atoms. The number of aliphatic imine (C=N–C) groups is 4. The van der Waals surface area contributed by atoms with Crippen LogP contribution in [0, 0.1) is 23.3 Å². The Hall–Kier alpha value is -8.12. The molecule has 4 aromatic rings. The molecule has 0 aliphatic carbocycles. The number of hydrogen-bond donors (Lipinski definition) is 6. The lowest BCUT2D eigenvalue weighted by Gasteiger charge is -2.34. The highest BCUT2D eigenvalue weighted by Crippen LogP contribution is 2.38. The molecule has 108 heavy (non-hydrogen) atoms. The number of amides is 6. The number of ether oxygens (including phenoxy) is 2. The number of β-amino-alcohol motifs (C(OH)–C–C–N with tert-alkyl or cyclic N) is 3. The summed E-state index contributed by atoms with van der Waals surface area (Å²) in [6.45, 7) is 14.0. The van der Waals surface area contributed by atoms with E-state index in [1.54, 1.807) is 22.0 Å². The lowest BCUT2D eigenvalue weighted by Crippen LogP contribution is -2.48. The van der Waals surface area contributed by atoms with Crippen LogP contribution in [-0.2, 0) is 29.3 Å². The number of halogens is 4. The van der Waals surface area contributed by atoms with E-state index in [2.05, 4.69) is 44.5 Å². The number of phenolic OH excluding ortho intramolecular Hbond substituents is 2. The fraction of sp³-hybridized carbons (Fsp3) is 0.400. The van der Waals surface area contributed by atoms with Gasteiger partial charge in [-0.1, -0.05) is 11.8 Å². The van der Waals surface area contributed by atoms with Gasteiger partial charge in [0.05, 0.1) is 45.7 Å². The zero-order valence-corrected chi connectivity index (χ0v) is 63.6. The van der Waals surface area contributed by atoms with Crippen molar-refractivity contribution < 1.29 is 94.3 Å². The highest BCUT2D eigenvalue weighted by atomic mass is 32.2. The average molecular weight is 1610 g/mol. The molecule has 9 aliphatic heterocycles. The molecule has 28 nitrogen and oxygen atoms in total. The monoisotopic (exact) mass is 1610 g/mol. The Morgan fingerprint density at radius 2 is 0.731 bits per heavy atom. The lowest BCUT2D eigenvalue weighted by molar-refractivity contribution is -0.114. The summed E-state index contributed by atoms with van der Waals surface area (Å²) in [5.41, 5.74) is 1.69. The summed E-state index contributed by atoms with van der Waals surface area (Å²) >= 11 is 6.43. The molecular weight excluding hydrogens is 1530 g/mol. The van der Waals surface area contributed by atoms with Gasteiger partial charge < -0.3 is 59.5 Å². The van der Waals surface area contributed by atoms with Gasteiger partial charge in [-0.3, -0.25) is 38.4 Å². The molecule has 0 unspecified atom stereocenters. The van der Waals surface area contributed by atoms with Gasteiger partial charge in [0.25, 0.3) is 33.7 Å². The molecular formula is C70H80F4N12O16S6. The van der Waals surface area contributed by atoms with Crippen molar-refractivity contribution in [3.63, 3.8) is 0 Å². The molecule has 38 heteroatoms. The third-order valence-corrected chi connectivity index (χ3v) is 22.1. The van der Waals surface area contributed by atoms with Crippen LogP contribution in [0.5, 0.6) is 23.0 Å². The number of aliphatic hydroxyl groups excluding tert-OH is 3. The number of nitrogens with zero attached hydrogens (tertiary/aromatic N) is 12. The second-order valence-corrected chi connectivity index (χ2v) is 31.3. The zero-order chi connectivity index (χ0) is 77.6. The van der Waals surface area contributed by atoms with Crippen molar-refractivity contribution in [2.45, 2.75) is 25.7 Å². The topological polar surface area (TPSA) is 352 Å². The minimum absolute atomic E-state index is 0.0869. The molecule has 9 aliphatic rings. The first-order chi connectivity index (χ1) is 51.7. The quantitative estimate of drug-likeness (QED) is 0.0454. The number of amidine groups is 3. The number of phenols is 2. The Kier molecular flexibility index (Phi) is 31.5. The van der Waals surface area contributed by atoms with E-state index in [1.807, 2.05) is 11.2 Å². The van der Waals surface area contributed by atoms with Gasteiger partial charge in [-0.15, -0.1) is 11.8 Å². The maximum atomic E-state index is 13.8. The molecule has 5 saturated heterocycles. The molecule has 6 N–H and O–H groups in total. The summed E-state index contributed by atoms with van der Waals surface area (Å²) in [7, 11) is -3.67. The molecule has 0 aromatic heterocycles. The number of benzene rings is 4. The maximum absolute atomic E-state index is 13.8. The molecule has 9 heterocycles. The largest absolute Gasteiger partial charge is 0.507 e. The van der Waals surface area contributed by atoms with E-state index in [0.717, 1.165) is 128 Å². The van der Waals surface area contributed by atoms with Crippen molar-refractivity contribution in [2.24, 2.45) is 20.0 Å². The first-order valence-corrected chi connectivity index (χ1v) is 40.4. The Bertz CT molecular complexity index is 4190. The normalized spacial score (nSPS) is 20.1. The SMILES string of the molecule is CS(=O)(=O)O.CSC1=NC(=O)/C(=C/c2ccc(F)cc2O)S1.O=C1N=C(N2CCN(CCO)CC2)S/C1=C/c1ccc(F)cc1OC(=O)N1CCCC1.O=C1N=C(N2CCN(CCO)CC2)S/C1=C/c1ccc(F)cc1OC(=O)N1CCCC1.O=C1N=C(N2CCN(CCO)CC2)S/C1=C\c1ccc(F)cc1O. The molecule has 5 fully saturated rings. The number of hydrogen-bond acceptors (Lipinski definition) is 26. The van der Waals surface area contributed by atoms with Gasteiger partial charge in [0, 0.05) is 171 Å². The first kappa shape index (κ1) is 83.9. The number of piperazine rings is 3. The van der Waals surface area contributed by atoms with Crippen LogP contribution >= 0.6 is 58.8 Å². The summed E-state index contributed by atoms with van der Waals surface area (Å²) < 4.78 is 90.8. The third-order valence-electron chi connectivity index (χ3n) is 17.0. The summed E-state index contributed by atoms with van der Waals surface area (Å²) in [5, 5.41) is 48.3. The van der Waals surface area contributed by atoms with Gasteiger partial charge in [0.15, 0.2) is 15.5 Å². The van der Waals surface area contributed by atoms with Gasteiger partial charge in [-0.05, 0) is 140 Å². The van der Waals surface area contributed by atoms with E-state index in [9.17, 15) is 65.0 Å². The highest BCUT2D eigenvalue weighted by Gasteiger charge is 2.33. The van der Waals surface area contributed by atoms with Crippen molar-refractivity contribution in [1.82, 2.24) is 39.2 Å². The van der Waals surface area contributed by atoms with Gasteiger partial charge >= 0.3 is 12.2 Å². The molecule has 0 radical (unpaired) electrons. The molecule has 6 amide bonds. The Morgan fingerprint density at radius 3 is 1.02 bits per heavy atom. The van der Waals surface area contributed by atoms with Crippen LogP contribution in [0.25, 0.3) is 24.3 Å². The number of aliphatic hydroxyl groups is 3. The third kappa shape index (κ3) is 25.2. The predicted molar refractivity (Wildman–Crippen MR) is 411 cm³/mol. The van der Waals surface area contributed by atoms with Crippen molar-refractivity contribution >= 4 is 149 Å². The van der Waals surface area contributed by atoms with E-state index in [4.69, 9.17) is 29.3 Å². The van der Waals surface area contributed by atoms with Crippen LogP contribution < -0.4 is 9.47 Å². The summed E-state index contributed by atoms with van der Waals surface area (Å²) in [6.07, 6.45) is 11.5. The number of rotatable bonds is 12. The van der Waals surface area contributed by atoms with Crippen molar-refractivity contribution in [2.75, 3.05) is 157 Å². The van der Waals surface area contributed by atoms with Crippen molar-refractivity contribution in [3.05, 3.63) is 138 Å². The van der Waals surface area contributed by atoms with E-state index in [1.165, 1.54) is 119 Å². The van der Waals surface area contributed by atoms with E-state index in [-0.39, 0.29) is 66.4 Å². The van der Waals surface area contributed by atoms with E-state index >= 15 is 0 Å². The first-order valence-electron chi connectivity index (χ1n) is 34.0. The minimum atomic E-state index is -3.67. The lowest BCUT2D eigenvalue weighted by atomic mass is 10.2. The molecule has 4 aromatic carbocycles. The zero-order valence-electron chi connectivity index (χ0n) is 58.7. The summed E-state index contributed by atoms with van der Waals surface area (Å²) in [5.74, 6) is -3.71. The minimum Gasteiger partial charge on any atom is -0.507 e. The fourth-order valence-corrected chi connectivity index (χ4v) is 15.7. The Morgan fingerprint density at radius 1 is 0.454 bits per heavy atom. The molecule has 580 valence electrons. The number of aromatic hydroxyl groups is 2. The van der Waals surface area contributed by atoms with Crippen molar-refractivity contribution in [1.29, 1.82) is 0 Å². The second kappa shape index (κ2) is 40.5. The number of carbonyl (C=O) groups is 6. The fourth-order valence-electron chi connectivity index (χ4n) is 11.4. The number of likely N-dealkylation sites (tertiary alicyclic amines) is 2. The average Bonchev–Trinajstić information content (AvgIpc) is 1.67. The summed E-state index contributed by atoms with van der Waals surface area (Å²) in [6, 6.07) is 15.2. The maximum Gasteiger partial charge on any atom is 0.415 e. The number of thioether (sulfide) groups is 5. The predicted octanol–water partition coefficient (Wildman–Crippen LogP) is 7.48. The van der Waals surface area contributed by atoms with Crippen molar-refractivity contribution in [3.8, 4) is 23.0 Å². The van der Waals surface area contributed by atoms with Crippen LogP contribution in [0.4, 0.5) is 27.2 Å². The van der Waals surface area contributed by atoms with Crippen LogP contribution in [0.1, 0.15) is 47.9 Å². The van der Waals surface area contributed by atoms with Gasteiger partial charge in [-0.25, -0.2) is 27.2 Å². The molecule has 0 atom stereocenters. The Balaban J connectivity index is 0.000000166. The number of carbonyl (C=O) groups excluding carboxylic acids is 6. The Labute approximate surface area is 641 Å². The van der Waals surface area contributed by atoms with Crippen LogP contribution in [0.3, 0.4) is 0 Å². The van der Waals surface area contributed by atoms with E-state index in [0.29, 0.717) is 114 Å². The second-order valence-electron chi connectivity index (χ2n) is 24.7. The smallest absolute Gasteiger partial charge is 0.415 e. The molecule has 13 rings (SSSR count). The van der Waals surface area contributed by atoms with Crippen LogP contribution in [0.15, 0.2) is 112 Å². The van der Waals surface area contributed by atoms with Crippen LogP contribution in [-0.4, -0.2) is 290 Å². The van der Waals surface area contributed by atoms with Crippen LogP contribution in [0.2, 0.25) is 0 Å². The van der Waals surface area contributed by atoms with Gasteiger partial charge in [0.1, 0.15) is 50.6 Å². The van der Waals surface area contributed by atoms with E-state index < -0.39 is 45.6 Å². The highest BCUT2D eigenvalue weighted by molar-refractivity contribution is 8.41. The standard InChI is InChI=1S/2C21H25FN4O4S.C16H18FN3O3S.C11H8FNO2S2.CH4O3S/c2*22-16-4-3-15(17(14-16)30-21(29)26-5-1-2-6-26)13-18-19(28)23-20(31-18)25-9-7-24(8-10-25)11-12-27;17-12-2-1-11(13(22)10-12)9-14-15(23)18-16(24-14)20-5-3-19(4-6-20)7-8-21;1-16-11-13-10(15)9(17-11)4-6-2-3-7(12)5-8(6)14;1-5(2,3)4/h2*3-4,13-14,27H,1-2,5-12H2;1-2,9-10,21-22H,3-8H2;2-5,14H,1H3;1H3,(H,2,3,4)/b2*18-13+;14-9-;9-4-;. The van der Waals surface area contributed by atoms with Gasteiger partial charge in [0.2, 0.25) is 0 Å². The molecule has 0 saturated carbocycles. The summed E-state index contributed by atoms with van der Waals surface area (Å²) in [4.78, 5) is 107. The van der Waals surface area contributed by atoms with Gasteiger partial charge in [-0.2, -0.15) is 28.4 Å². The molecule has 0 bridgehead atoms.